The first-order valence-corrected chi connectivity index (χ1v) is 27.8. The Bertz CT molecular complexity index is 1070. The molecule has 0 rings (SSSR count). The highest BCUT2D eigenvalue weighted by Gasteiger charge is 2.21. The minimum Gasteiger partial charge on any atom is -1.00 e. The number of nitrogens with zero attached hydrogens (tertiary/aromatic N) is 2. The van der Waals surface area contributed by atoms with Crippen molar-refractivity contribution in [1.29, 1.82) is 0 Å². The van der Waals surface area contributed by atoms with Crippen LogP contribution < -0.4 is 44.6 Å². The normalized spacial score (nSPS) is 12.3. The summed E-state index contributed by atoms with van der Waals surface area (Å²) in [5.74, 6) is 0.282. The maximum atomic E-state index is 12.4. The van der Waals surface area contributed by atoms with Crippen LogP contribution >= 0.6 is 0 Å². The highest BCUT2D eigenvalue weighted by atomic mass is 79.9. The van der Waals surface area contributed by atoms with Crippen molar-refractivity contribution >= 4 is 12.2 Å². The van der Waals surface area contributed by atoms with E-state index in [9.17, 15) is 9.59 Å². The molecular weight excluding hydrogens is 972 g/mol. The Kier molecular flexibility index (Phi) is 51.6. The summed E-state index contributed by atoms with van der Waals surface area (Å²) in [7, 11) is 9.12. The van der Waals surface area contributed by atoms with Crippen LogP contribution in [-0.2, 0) is 18.9 Å². The van der Waals surface area contributed by atoms with E-state index in [4.69, 9.17) is 18.9 Å². The van der Waals surface area contributed by atoms with E-state index in [2.05, 4.69) is 73.4 Å². The highest BCUT2D eigenvalue weighted by Crippen LogP contribution is 2.24. The quantitative estimate of drug-likeness (QED) is 0.0474. The number of ether oxygens (including phenoxy) is 4. The molecule has 67 heavy (non-hydrogen) atoms. The predicted molar refractivity (Wildman–Crippen MR) is 277 cm³/mol. The lowest BCUT2D eigenvalue weighted by Crippen LogP contribution is -3.00. The number of hydrogen-bond acceptors (Lipinski definition) is 6. The molecule has 1 atom stereocenters. The van der Waals surface area contributed by atoms with Crippen LogP contribution in [0.5, 0.6) is 0 Å². The summed E-state index contributed by atoms with van der Waals surface area (Å²) in [6.07, 6.45) is 39.9. The number of rotatable bonds is 49. The lowest BCUT2D eigenvalue weighted by atomic mass is 9.85. The average molecular weight is 1090 g/mol. The molecule has 12 heteroatoms. The fourth-order valence-corrected chi connectivity index (χ4v) is 8.41. The Balaban J connectivity index is -0.0000205. The summed E-state index contributed by atoms with van der Waals surface area (Å²) in [4.78, 5) is 24.6. The molecule has 1 unspecified atom stereocenters. The zero-order valence-electron chi connectivity index (χ0n) is 45.9. The SMILES string of the molecule is CCCCCCCCCCCCCCCC[N+](C)(C)CCOCCOC(=O)NCC(C)CCC(C)(C)CNC(=O)OCCOCC[N+](C)(C)CCCCCCCCCCCCCCCC.[Br-].[Br-]. The van der Waals surface area contributed by atoms with Crippen molar-refractivity contribution in [2.45, 2.75) is 227 Å². The predicted octanol–water partition coefficient (Wildman–Crippen LogP) is 8.04. The third-order valence-electron chi connectivity index (χ3n) is 13.5. The van der Waals surface area contributed by atoms with E-state index in [1.165, 1.54) is 193 Å². The molecule has 0 bridgehead atoms. The van der Waals surface area contributed by atoms with E-state index >= 15 is 0 Å². The molecule has 0 aromatic heterocycles. The van der Waals surface area contributed by atoms with Crippen LogP contribution in [-0.4, -0.2) is 128 Å². The Morgan fingerprint density at radius 2 is 0.761 bits per heavy atom. The minimum atomic E-state index is -0.403. The number of quaternary nitrogens is 2. The number of nitrogens with one attached hydrogen (secondary N) is 2. The van der Waals surface area contributed by atoms with E-state index in [1.54, 1.807) is 0 Å². The van der Waals surface area contributed by atoms with Gasteiger partial charge in [0.15, 0.2) is 0 Å². The Hall–Kier alpha value is -0.660. The van der Waals surface area contributed by atoms with E-state index in [0.717, 1.165) is 34.9 Å². The number of hydrogen-bond donors (Lipinski definition) is 2. The van der Waals surface area contributed by atoms with Gasteiger partial charge in [-0.3, -0.25) is 0 Å². The maximum absolute atomic E-state index is 12.4. The van der Waals surface area contributed by atoms with Gasteiger partial charge in [0.25, 0.3) is 0 Å². The molecule has 0 fully saturated rings. The molecule has 0 aliphatic carbocycles. The van der Waals surface area contributed by atoms with Crippen molar-refractivity contribution in [2.75, 3.05) is 107 Å². The van der Waals surface area contributed by atoms with Crippen LogP contribution in [0, 0.1) is 11.3 Å². The summed E-state index contributed by atoms with van der Waals surface area (Å²) in [6.45, 7) is 19.0. The second kappa shape index (κ2) is 48.9. The molecule has 404 valence electrons. The summed E-state index contributed by atoms with van der Waals surface area (Å²) < 4.78 is 24.3. The molecular formula is C55H114Br2N4O6. The molecule has 0 saturated carbocycles. The first-order chi connectivity index (χ1) is 31.2. The Morgan fingerprint density at radius 1 is 0.448 bits per heavy atom. The lowest BCUT2D eigenvalue weighted by molar-refractivity contribution is -0.891. The standard InChI is InChI=1S/C55H112N4O6.2BrH/c1-10-12-14-16-18-20-22-24-26-28-30-32-34-36-40-58(6,7)42-44-62-46-48-64-53(60)56-50-52(3)38-39-55(4,5)51-57-54(61)65-49-47-63-45-43-59(8,9)41-37-35-33-31-29-27-25-23-21-19-17-15-13-11-2;;/h52H,10-51H2,1-9H3;2*1H. The summed E-state index contributed by atoms with van der Waals surface area (Å²) in [5, 5.41) is 5.82. The van der Waals surface area contributed by atoms with Gasteiger partial charge >= 0.3 is 12.2 Å². The fourth-order valence-electron chi connectivity index (χ4n) is 8.41. The number of unbranched alkanes of at least 4 members (excludes halogenated alkanes) is 26. The number of likely N-dealkylation sites (N-methyl/N-ethyl adjacent to an activating group) is 2. The van der Waals surface area contributed by atoms with Gasteiger partial charge in [0.2, 0.25) is 0 Å². The molecule has 0 aliphatic heterocycles. The van der Waals surface area contributed by atoms with Crippen molar-refractivity contribution in [2.24, 2.45) is 11.3 Å². The second-order valence-corrected chi connectivity index (χ2v) is 22.0. The fraction of sp³-hybridized carbons (Fsp3) is 0.964. The lowest BCUT2D eigenvalue weighted by Gasteiger charge is -2.29. The average Bonchev–Trinajstić information content (AvgIpc) is 3.26. The van der Waals surface area contributed by atoms with Gasteiger partial charge in [0.05, 0.1) is 67.7 Å². The van der Waals surface area contributed by atoms with Gasteiger partial charge in [0.1, 0.15) is 26.3 Å². The number of carbonyl (C=O) groups excluding carboxylic acids is 2. The van der Waals surface area contributed by atoms with Gasteiger partial charge in [-0.25, -0.2) is 9.59 Å². The van der Waals surface area contributed by atoms with Gasteiger partial charge in [-0.15, -0.1) is 0 Å². The third kappa shape index (κ3) is 53.0. The smallest absolute Gasteiger partial charge is 0.407 e. The molecule has 0 aromatic carbocycles. The van der Waals surface area contributed by atoms with E-state index in [0.29, 0.717) is 39.5 Å². The van der Waals surface area contributed by atoms with Crippen molar-refractivity contribution in [1.82, 2.24) is 10.6 Å². The van der Waals surface area contributed by atoms with Gasteiger partial charge in [0, 0.05) is 13.1 Å². The molecule has 0 saturated heterocycles. The Labute approximate surface area is 437 Å². The zero-order chi connectivity index (χ0) is 48.2. The van der Waals surface area contributed by atoms with Crippen molar-refractivity contribution in [3.63, 3.8) is 0 Å². The van der Waals surface area contributed by atoms with Crippen LogP contribution in [0.2, 0.25) is 0 Å². The molecule has 2 N–H and O–H groups in total. The maximum Gasteiger partial charge on any atom is 0.407 e. The van der Waals surface area contributed by atoms with E-state index < -0.39 is 12.2 Å². The van der Waals surface area contributed by atoms with Gasteiger partial charge < -0.3 is 72.5 Å². The summed E-state index contributed by atoms with van der Waals surface area (Å²) >= 11 is 0. The van der Waals surface area contributed by atoms with Gasteiger partial charge in [-0.1, -0.05) is 189 Å². The monoisotopic (exact) mass is 1080 g/mol. The molecule has 0 radical (unpaired) electrons. The zero-order valence-corrected chi connectivity index (χ0v) is 49.0. The number of alkyl carbamates (subject to hydrolysis) is 2. The van der Waals surface area contributed by atoms with Crippen molar-refractivity contribution < 1.29 is 71.5 Å². The number of halogens is 2. The van der Waals surface area contributed by atoms with Gasteiger partial charge in [-0.2, -0.15) is 0 Å². The van der Waals surface area contributed by atoms with Crippen LogP contribution in [0.15, 0.2) is 0 Å². The molecule has 10 nitrogen and oxygen atoms in total. The van der Waals surface area contributed by atoms with Crippen LogP contribution in [0.4, 0.5) is 9.59 Å². The minimum absolute atomic E-state index is 0. The first-order valence-electron chi connectivity index (χ1n) is 27.8. The summed E-state index contributed by atoms with van der Waals surface area (Å²) in [6, 6.07) is 0. The molecule has 0 spiro atoms. The first kappa shape index (κ1) is 70.6. The highest BCUT2D eigenvalue weighted by molar-refractivity contribution is 5.67. The van der Waals surface area contributed by atoms with E-state index in [-0.39, 0.29) is 58.5 Å². The van der Waals surface area contributed by atoms with Crippen LogP contribution in [0.3, 0.4) is 0 Å². The van der Waals surface area contributed by atoms with Crippen LogP contribution in [0.1, 0.15) is 227 Å². The number of amides is 2. The van der Waals surface area contributed by atoms with Crippen molar-refractivity contribution in [3.05, 3.63) is 0 Å². The largest absolute Gasteiger partial charge is 1.00 e. The second-order valence-electron chi connectivity index (χ2n) is 22.0. The van der Waals surface area contributed by atoms with Crippen LogP contribution in [0.25, 0.3) is 0 Å². The Morgan fingerprint density at radius 3 is 1.10 bits per heavy atom. The third-order valence-corrected chi connectivity index (χ3v) is 13.5. The van der Waals surface area contributed by atoms with E-state index in [1.807, 2.05) is 0 Å². The molecule has 0 aliphatic rings. The summed E-state index contributed by atoms with van der Waals surface area (Å²) in [5.41, 5.74) is -0.0997. The molecule has 0 aromatic rings. The van der Waals surface area contributed by atoms with Crippen molar-refractivity contribution in [3.8, 4) is 0 Å². The molecule has 2 amide bonds. The molecule has 0 heterocycles. The number of carbonyl (C=O) groups is 2. The topological polar surface area (TPSA) is 95.1 Å². The van der Waals surface area contributed by atoms with Gasteiger partial charge in [-0.05, 0) is 49.9 Å².